The molecule has 2 aliphatic rings. The highest BCUT2D eigenvalue weighted by Crippen LogP contribution is 2.49. The number of carbonyl (C=O) groups excluding carboxylic acids is 3. The molecule has 9 heteroatoms. The van der Waals surface area contributed by atoms with E-state index < -0.39 is 11.6 Å². The van der Waals surface area contributed by atoms with Crippen molar-refractivity contribution in [1.82, 2.24) is 10.2 Å². The molecule has 3 atom stereocenters. The number of nitrogen functional groups attached to an aromatic ring is 1. The monoisotopic (exact) mass is 503 g/mol. The number of anilines is 1. The van der Waals surface area contributed by atoms with Crippen LogP contribution in [0.15, 0.2) is 49.1 Å². The first-order valence-electron chi connectivity index (χ1n) is 11.9. The van der Waals surface area contributed by atoms with Gasteiger partial charge in [-0.05, 0) is 48.6 Å². The predicted molar refractivity (Wildman–Crippen MR) is 142 cm³/mol. The van der Waals surface area contributed by atoms with E-state index in [1.54, 1.807) is 17.0 Å². The van der Waals surface area contributed by atoms with Crippen LogP contribution in [0.2, 0.25) is 0 Å². The highest BCUT2D eigenvalue weighted by atomic mass is 32.1. The quantitative estimate of drug-likeness (QED) is 0.318. The molecular weight excluding hydrogens is 474 g/mol. The summed E-state index contributed by atoms with van der Waals surface area (Å²) < 4.78 is 0.686. The molecule has 3 aromatic rings. The average molecular weight is 504 g/mol. The molecule has 3 unspecified atom stereocenters. The molecule has 1 aromatic heterocycles. The predicted octanol–water partition coefficient (Wildman–Crippen LogP) is 2.48. The molecule has 0 bridgehead atoms. The smallest absolute Gasteiger partial charge is 0.262 e. The normalized spacial score (nSPS) is 23.5. The summed E-state index contributed by atoms with van der Waals surface area (Å²) in [7, 11) is 0. The molecule has 2 amide bonds. The lowest BCUT2D eigenvalue weighted by atomic mass is 9.69. The van der Waals surface area contributed by atoms with Crippen molar-refractivity contribution in [1.29, 1.82) is 0 Å². The Balaban J connectivity index is 1.60. The largest absolute Gasteiger partial charge is 0.398 e. The van der Waals surface area contributed by atoms with E-state index in [2.05, 4.69) is 11.9 Å². The maximum atomic E-state index is 13.8. The van der Waals surface area contributed by atoms with Gasteiger partial charge >= 0.3 is 0 Å². The standard InChI is InChI=1S/C27H29N5O3S/c1-3-19(33)32-12-6-8-15(13-32)31-26(35)24-21-20-17(10-11-18(28)23(20)36-24)27(30,25(34)22(21)29)16-9-5-4-7-14(16)2/h3-5,7,9-11,15,22H,1,6,8,12-13,28-30H2,2H3,(H,31,35). The van der Waals surface area contributed by atoms with Crippen molar-refractivity contribution < 1.29 is 14.4 Å². The van der Waals surface area contributed by atoms with Crippen molar-refractivity contribution in [2.75, 3.05) is 18.8 Å². The number of benzene rings is 2. The molecule has 1 fully saturated rings. The molecule has 1 aliphatic heterocycles. The van der Waals surface area contributed by atoms with Gasteiger partial charge in [-0.2, -0.15) is 0 Å². The van der Waals surface area contributed by atoms with E-state index in [4.69, 9.17) is 17.2 Å². The van der Waals surface area contributed by atoms with Gasteiger partial charge in [-0.15, -0.1) is 11.3 Å². The lowest BCUT2D eigenvalue weighted by molar-refractivity contribution is -0.127. The van der Waals surface area contributed by atoms with Crippen molar-refractivity contribution >= 4 is 44.7 Å². The van der Waals surface area contributed by atoms with E-state index in [0.29, 0.717) is 50.4 Å². The summed E-state index contributed by atoms with van der Waals surface area (Å²) in [5.41, 5.74) is 21.4. The van der Waals surface area contributed by atoms with Crippen LogP contribution in [0.5, 0.6) is 0 Å². The SMILES string of the molecule is C=CC(=O)N1CCCC(NC(=O)c2sc3c(N)ccc4c3c2C(N)C(=O)C4(N)c2ccccc2C)C1. The summed E-state index contributed by atoms with van der Waals surface area (Å²) in [6, 6.07) is 9.66. The molecule has 7 N–H and O–H groups in total. The number of aryl methyl sites for hydroxylation is 1. The zero-order valence-electron chi connectivity index (χ0n) is 20.0. The minimum Gasteiger partial charge on any atom is -0.398 e. The fourth-order valence-electron chi connectivity index (χ4n) is 5.52. The number of nitrogens with one attached hydrogen (secondary N) is 1. The first-order valence-corrected chi connectivity index (χ1v) is 12.7. The van der Waals surface area contributed by atoms with Crippen LogP contribution in [0.4, 0.5) is 5.69 Å². The Bertz CT molecular complexity index is 1430. The van der Waals surface area contributed by atoms with Gasteiger partial charge in [0.05, 0.1) is 15.6 Å². The summed E-state index contributed by atoms with van der Waals surface area (Å²) >= 11 is 1.22. The fraction of sp³-hybridized carbons (Fsp3) is 0.296. The highest BCUT2D eigenvalue weighted by molar-refractivity contribution is 7.21. The zero-order valence-corrected chi connectivity index (χ0v) is 20.9. The summed E-state index contributed by atoms with van der Waals surface area (Å²) in [5.74, 6) is -0.868. The Hall–Kier alpha value is -3.53. The van der Waals surface area contributed by atoms with E-state index >= 15 is 0 Å². The molecule has 0 radical (unpaired) electrons. The Morgan fingerprint density at radius 1 is 1.22 bits per heavy atom. The van der Waals surface area contributed by atoms with Crippen LogP contribution in [-0.2, 0) is 15.1 Å². The van der Waals surface area contributed by atoms with E-state index in [1.807, 2.05) is 31.2 Å². The van der Waals surface area contributed by atoms with Crippen LogP contribution in [0.1, 0.15) is 50.8 Å². The topological polar surface area (TPSA) is 145 Å². The second kappa shape index (κ2) is 8.85. The Labute approximate surface area is 213 Å². The number of nitrogens with zero attached hydrogens (tertiary/aromatic N) is 1. The van der Waals surface area contributed by atoms with Crippen LogP contribution in [0, 0.1) is 6.92 Å². The third kappa shape index (κ3) is 3.54. The third-order valence-corrected chi connectivity index (χ3v) is 8.59. The van der Waals surface area contributed by atoms with Crippen molar-refractivity contribution in [2.24, 2.45) is 11.5 Å². The van der Waals surface area contributed by atoms with Crippen LogP contribution in [-0.4, -0.2) is 41.6 Å². The van der Waals surface area contributed by atoms with Gasteiger partial charge in [0.2, 0.25) is 5.91 Å². The molecule has 5 rings (SSSR count). The first-order chi connectivity index (χ1) is 17.2. The molecular formula is C27H29N5O3S. The van der Waals surface area contributed by atoms with Crippen molar-refractivity contribution in [3.63, 3.8) is 0 Å². The number of likely N-dealkylation sites (tertiary alicyclic amines) is 1. The number of ketones is 1. The molecule has 2 heterocycles. The summed E-state index contributed by atoms with van der Waals surface area (Å²) in [6.45, 7) is 6.48. The van der Waals surface area contributed by atoms with Crippen LogP contribution < -0.4 is 22.5 Å². The highest BCUT2D eigenvalue weighted by Gasteiger charge is 2.49. The Morgan fingerprint density at radius 3 is 2.69 bits per heavy atom. The van der Waals surface area contributed by atoms with Crippen LogP contribution in [0.25, 0.3) is 10.1 Å². The molecule has 0 saturated carbocycles. The van der Waals surface area contributed by atoms with Gasteiger partial charge in [0.1, 0.15) is 5.54 Å². The maximum absolute atomic E-state index is 13.8. The fourth-order valence-corrected chi connectivity index (χ4v) is 6.72. The van der Waals surface area contributed by atoms with Crippen LogP contribution >= 0.6 is 11.3 Å². The molecule has 1 saturated heterocycles. The van der Waals surface area contributed by atoms with Crippen LogP contribution in [0.3, 0.4) is 0 Å². The van der Waals surface area contributed by atoms with Crippen molar-refractivity contribution in [2.45, 2.75) is 37.4 Å². The Kier molecular flexibility index (Phi) is 5.94. The van der Waals surface area contributed by atoms with Gasteiger partial charge in [0.15, 0.2) is 5.78 Å². The maximum Gasteiger partial charge on any atom is 0.262 e. The minimum atomic E-state index is -1.46. The number of carbonyl (C=O) groups is 3. The lowest BCUT2D eigenvalue weighted by Gasteiger charge is -2.37. The van der Waals surface area contributed by atoms with Gasteiger partial charge in [-0.3, -0.25) is 14.4 Å². The van der Waals surface area contributed by atoms with Gasteiger partial charge in [0.25, 0.3) is 5.91 Å². The summed E-state index contributed by atoms with van der Waals surface area (Å²) in [4.78, 5) is 41.5. The molecule has 2 aromatic carbocycles. The van der Waals surface area contributed by atoms with Gasteiger partial charge in [0, 0.05) is 35.8 Å². The number of hydrogen-bond acceptors (Lipinski definition) is 7. The number of hydrogen-bond donors (Lipinski definition) is 4. The summed E-state index contributed by atoms with van der Waals surface area (Å²) in [6.07, 6.45) is 2.79. The number of thiophene rings is 1. The molecule has 1 aliphatic carbocycles. The third-order valence-electron chi connectivity index (χ3n) is 7.33. The number of piperidine rings is 1. The van der Waals surface area contributed by atoms with Gasteiger partial charge < -0.3 is 27.4 Å². The molecule has 36 heavy (non-hydrogen) atoms. The Morgan fingerprint density at radius 2 is 1.97 bits per heavy atom. The van der Waals surface area contributed by atoms with Gasteiger partial charge in [-0.1, -0.05) is 36.9 Å². The van der Waals surface area contributed by atoms with E-state index in [1.165, 1.54) is 17.4 Å². The van der Waals surface area contributed by atoms with E-state index in [0.717, 1.165) is 18.4 Å². The first kappa shape index (κ1) is 24.2. The van der Waals surface area contributed by atoms with E-state index in [9.17, 15) is 14.4 Å². The molecule has 0 spiro atoms. The van der Waals surface area contributed by atoms with Crippen molar-refractivity contribution in [3.8, 4) is 0 Å². The number of Topliss-reactive ketones (excluding diaryl/α,β-unsaturated/α-hetero) is 1. The van der Waals surface area contributed by atoms with Gasteiger partial charge in [-0.25, -0.2) is 0 Å². The second-order valence-electron chi connectivity index (χ2n) is 9.52. The number of nitrogens with two attached hydrogens (primary N) is 3. The second-order valence-corrected chi connectivity index (χ2v) is 10.5. The van der Waals surface area contributed by atoms with Crippen molar-refractivity contribution in [3.05, 3.63) is 76.2 Å². The summed E-state index contributed by atoms with van der Waals surface area (Å²) in [5, 5.41) is 3.72. The number of amides is 2. The average Bonchev–Trinajstić information content (AvgIpc) is 3.29. The molecule has 8 nitrogen and oxygen atoms in total. The lowest BCUT2D eigenvalue weighted by Crippen LogP contribution is -2.53. The minimum absolute atomic E-state index is 0.161. The number of rotatable bonds is 4. The van der Waals surface area contributed by atoms with E-state index in [-0.39, 0.29) is 23.6 Å². The molecule has 186 valence electrons. The zero-order chi connectivity index (χ0) is 25.8.